The highest BCUT2D eigenvalue weighted by Crippen LogP contribution is 2.31. The van der Waals surface area contributed by atoms with Gasteiger partial charge in [0.2, 0.25) is 5.91 Å². The number of likely N-dealkylation sites (tertiary alicyclic amines) is 1. The highest BCUT2D eigenvalue weighted by Gasteiger charge is 2.40. The first-order valence-corrected chi connectivity index (χ1v) is 8.82. The summed E-state index contributed by atoms with van der Waals surface area (Å²) in [5, 5.41) is 6.66. The number of amides is 1. The van der Waals surface area contributed by atoms with E-state index in [1.165, 1.54) is 25.9 Å². The zero-order valence-electron chi connectivity index (χ0n) is 14.1. The lowest BCUT2D eigenvalue weighted by molar-refractivity contribution is -0.130. The zero-order valence-corrected chi connectivity index (χ0v) is 14.1. The lowest BCUT2D eigenvalue weighted by Gasteiger charge is -2.33. The monoisotopic (exact) mass is 295 g/mol. The average Bonchev–Trinajstić information content (AvgIpc) is 3.10. The zero-order chi connectivity index (χ0) is 15.3. The summed E-state index contributed by atoms with van der Waals surface area (Å²) in [4.78, 5) is 15.3. The second kappa shape index (κ2) is 7.59. The molecule has 2 aliphatic heterocycles. The number of hydrogen-bond donors (Lipinski definition) is 2. The normalized spacial score (nSPS) is 28.2. The SMILES string of the molecule is CCCC1(C(=O)NCC(C(C)C)N2CCCC2)CCNC1. The fourth-order valence-corrected chi connectivity index (χ4v) is 3.99. The Labute approximate surface area is 130 Å². The molecule has 2 saturated heterocycles. The second-order valence-corrected chi connectivity index (χ2v) is 7.22. The van der Waals surface area contributed by atoms with Crippen molar-refractivity contribution in [3.05, 3.63) is 0 Å². The molecule has 2 N–H and O–H groups in total. The van der Waals surface area contributed by atoms with Crippen LogP contribution in [0.2, 0.25) is 0 Å². The minimum atomic E-state index is -0.151. The largest absolute Gasteiger partial charge is 0.354 e. The predicted molar refractivity (Wildman–Crippen MR) is 87.3 cm³/mol. The van der Waals surface area contributed by atoms with Crippen LogP contribution in [-0.2, 0) is 4.79 Å². The van der Waals surface area contributed by atoms with Crippen molar-refractivity contribution in [1.29, 1.82) is 0 Å². The van der Waals surface area contributed by atoms with Crippen molar-refractivity contribution >= 4 is 5.91 Å². The van der Waals surface area contributed by atoms with Gasteiger partial charge >= 0.3 is 0 Å². The standard InChI is InChI=1S/C17H33N3O/c1-4-7-17(8-9-18-13-17)16(21)19-12-15(14(2)3)20-10-5-6-11-20/h14-15,18H,4-13H2,1-3H3,(H,19,21). The van der Waals surface area contributed by atoms with E-state index in [2.05, 4.69) is 36.3 Å². The van der Waals surface area contributed by atoms with Crippen LogP contribution in [-0.4, -0.2) is 49.6 Å². The number of nitrogens with zero attached hydrogens (tertiary/aromatic N) is 1. The number of hydrogen-bond acceptors (Lipinski definition) is 3. The molecule has 2 rings (SSSR count). The quantitative estimate of drug-likeness (QED) is 0.755. The van der Waals surface area contributed by atoms with Crippen LogP contribution >= 0.6 is 0 Å². The highest BCUT2D eigenvalue weighted by molar-refractivity contribution is 5.83. The summed E-state index contributed by atoms with van der Waals surface area (Å²) in [5.41, 5.74) is -0.151. The Bertz CT molecular complexity index is 331. The van der Waals surface area contributed by atoms with E-state index in [9.17, 15) is 4.79 Å². The van der Waals surface area contributed by atoms with E-state index in [4.69, 9.17) is 0 Å². The van der Waals surface area contributed by atoms with E-state index in [1.54, 1.807) is 0 Å². The van der Waals surface area contributed by atoms with E-state index >= 15 is 0 Å². The van der Waals surface area contributed by atoms with Gasteiger partial charge in [0.1, 0.15) is 0 Å². The molecule has 2 atom stereocenters. The Hall–Kier alpha value is -0.610. The summed E-state index contributed by atoms with van der Waals surface area (Å²) in [6.45, 7) is 11.7. The van der Waals surface area contributed by atoms with Crippen molar-refractivity contribution in [2.75, 3.05) is 32.7 Å². The Morgan fingerprint density at radius 3 is 2.57 bits per heavy atom. The minimum absolute atomic E-state index is 0.151. The smallest absolute Gasteiger partial charge is 0.227 e. The fraction of sp³-hybridized carbons (Fsp3) is 0.941. The summed E-state index contributed by atoms with van der Waals surface area (Å²) in [5.74, 6) is 0.867. The van der Waals surface area contributed by atoms with Crippen molar-refractivity contribution in [2.45, 2.75) is 58.9 Å². The molecular weight excluding hydrogens is 262 g/mol. The van der Waals surface area contributed by atoms with Gasteiger partial charge in [-0.3, -0.25) is 9.69 Å². The molecule has 0 radical (unpaired) electrons. The van der Waals surface area contributed by atoms with E-state index in [0.29, 0.717) is 12.0 Å². The average molecular weight is 295 g/mol. The first-order chi connectivity index (χ1) is 10.1. The second-order valence-electron chi connectivity index (χ2n) is 7.22. The van der Waals surface area contributed by atoms with Crippen LogP contribution in [0, 0.1) is 11.3 Å². The van der Waals surface area contributed by atoms with Gasteiger partial charge in [0.05, 0.1) is 5.41 Å². The molecule has 2 unspecified atom stereocenters. The van der Waals surface area contributed by atoms with Crippen LogP contribution < -0.4 is 10.6 Å². The Kier molecular flexibility index (Phi) is 6.06. The van der Waals surface area contributed by atoms with E-state index in [1.807, 2.05) is 0 Å². The van der Waals surface area contributed by atoms with Crippen molar-refractivity contribution in [2.24, 2.45) is 11.3 Å². The lowest BCUT2D eigenvalue weighted by atomic mass is 9.81. The molecule has 2 aliphatic rings. The molecule has 0 aliphatic carbocycles. The van der Waals surface area contributed by atoms with Crippen LogP contribution in [0.15, 0.2) is 0 Å². The molecular formula is C17H33N3O. The maximum Gasteiger partial charge on any atom is 0.227 e. The minimum Gasteiger partial charge on any atom is -0.354 e. The molecule has 21 heavy (non-hydrogen) atoms. The summed E-state index contributed by atoms with van der Waals surface area (Å²) in [6.07, 6.45) is 5.68. The maximum absolute atomic E-state index is 12.7. The summed E-state index contributed by atoms with van der Waals surface area (Å²) in [6, 6.07) is 0.490. The van der Waals surface area contributed by atoms with Gasteiger partial charge in [0.15, 0.2) is 0 Å². The molecule has 2 fully saturated rings. The van der Waals surface area contributed by atoms with Crippen LogP contribution in [0.4, 0.5) is 0 Å². The molecule has 0 bridgehead atoms. The van der Waals surface area contributed by atoms with Crippen molar-refractivity contribution in [1.82, 2.24) is 15.5 Å². The summed E-state index contributed by atoms with van der Waals surface area (Å²) < 4.78 is 0. The van der Waals surface area contributed by atoms with Crippen LogP contribution in [0.25, 0.3) is 0 Å². The van der Waals surface area contributed by atoms with Gasteiger partial charge in [0.25, 0.3) is 0 Å². The maximum atomic E-state index is 12.7. The molecule has 0 aromatic carbocycles. The van der Waals surface area contributed by atoms with Gasteiger partial charge in [-0.25, -0.2) is 0 Å². The van der Waals surface area contributed by atoms with Crippen molar-refractivity contribution in [3.8, 4) is 0 Å². The van der Waals surface area contributed by atoms with Gasteiger partial charge in [0, 0.05) is 19.1 Å². The molecule has 0 spiro atoms. The molecule has 122 valence electrons. The van der Waals surface area contributed by atoms with Gasteiger partial charge in [-0.2, -0.15) is 0 Å². The predicted octanol–water partition coefficient (Wildman–Crippen LogP) is 2.00. The fourth-order valence-electron chi connectivity index (χ4n) is 3.99. The molecule has 4 nitrogen and oxygen atoms in total. The third-order valence-electron chi connectivity index (χ3n) is 5.30. The Morgan fingerprint density at radius 1 is 1.33 bits per heavy atom. The van der Waals surface area contributed by atoms with Crippen LogP contribution in [0.3, 0.4) is 0 Å². The van der Waals surface area contributed by atoms with Crippen molar-refractivity contribution in [3.63, 3.8) is 0 Å². The van der Waals surface area contributed by atoms with Gasteiger partial charge in [-0.05, 0) is 51.2 Å². The molecule has 1 amide bonds. The van der Waals surface area contributed by atoms with E-state index in [-0.39, 0.29) is 11.3 Å². The number of rotatable bonds is 7. The topological polar surface area (TPSA) is 44.4 Å². The number of nitrogens with one attached hydrogen (secondary N) is 2. The summed E-state index contributed by atoms with van der Waals surface area (Å²) >= 11 is 0. The van der Waals surface area contributed by atoms with Gasteiger partial charge in [-0.15, -0.1) is 0 Å². The first-order valence-electron chi connectivity index (χ1n) is 8.82. The number of carbonyl (C=O) groups excluding carboxylic acids is 1. The number of carbonyl (C=O) groups is 1. The highest BCUT2D eigenvalue weighted by atomic mass is 16.2. The van der Waals surface area contributed by atoms with Crippen LogP contribution in [0.1, 0.15) is 52.9 Å². The molecule has 0 aromatic heterocycles. The van der Waals surface area contributed by atoms with E-state index in [0.717, 1.165) is 38.9 Å². The summed E-state index contributed by atoms with van der Waals surface area (Å²) in [7, 11) is 0. The molecule has 0 saturated carbocycles. The van der Waals surface area contributed by atoms with Gasteiger partial charge in [-0.1, -0.05) is 27.2 Å². The van der Waals surface area contributed by atoms with Crippen LogP contribution in [0.5, 0.6) is 0 Å². The van der Waals surface area contributed by atoms with Gasteiger partial charge < -0.3 is 10.6 Å². The lowest BCUT2D eigenvalue weighted by Crippen LogP contribution is -2.50. The first kappa shape index (κ1) is 16.8. The third-order valence-corrected chi connectivity index (χ3v) is 5.30. The Morgan fingerprint density at radius 2 is 2.05 bits per heavy atom. The van der Waals surface area contributed by atoms with Crippen molar-refractivity contribution < 1.29 is 4.79 Å². The third kappa shape index (κ3) is 3.98. The molecule has 0 aromatic rings. The molecule has 2 heterocycles. The molecule has 4 heteroatoms. The van der Waals surface area contributed by atoms with E-state index < -0.39 is 0 Å². The Balaban J connectivity index is 1.91.